The number of hydrogen-bond donors (Lipinski definition) is 2. The fourth-order valence-electron chi connectivity index (χ4n) is 1.72. The molecule has 0 heterocycles. The topological polar surface area (TPSA) is 66.6 Å². The Hall–Kier alpha value is -1.55. The Morgan fingerprint density at radius 3 is 2.42 bits per heavy atom. The molecule has 19 heavy (non-hydrogen) atoms. The molecule has 106 valence electrons. The summed E-state index contributed by atoms with van der Waals surface area (Å²) >= 11 is 0. The number of carbonyl (C=O) groups excluding carboxylic acids is 1. The molecule has 3 N–H and O–H groups in total. The lowest BCUT2D eigenvalue weighted by Gasteiger charge is -2.21. The first-order chi connectivity index (χ1) is 8.90. The minimum absolute atomic E-state index is 0.0710. The van der Waals surface area contributed by atoms with Gasteiger partial charge in [0.1, 0.15) is 5.75 Å². The number of aromatic hydroxyl groups is 1. The Morgan fingerprint density at radius 2 is 1.89 bits per heavy atom. The molecule has 0 bridgehead atoms. The number of phenols is 1. The van der Waals surface area contributed by atoms with Crippen LogP contribution < -0.4 is 5.73 Å². The molecule has 0 aliphatic rings. The molecule has 0 spiro atoms. The van der Waals surface area contributed by atoms with Gasteiger partial charge in [0.15, 0.2) is 0 Å². The Bertz CT molecular complexity index is 401. The van der Waals surface area contributed by atoms with Gasteiger partial charge in [0.25, 0.3) is 0 Å². The fourth-order valence-corrected chi connectivity index (χ4v) is 1.72. The Kier molecular flexibility index (Phi) is 5.83. The first-order valence-corrected chi connectivity index (χ1v) is 6.67. The zero-order valence-corrected chi connectivity index (χ0v) is 12.0. The van der Waals surface area contributed by atoms with Crippen LogP contribution in [0.5, 0.6) is 5.75 Å². The molecule has 0 radical (unpaired) electrons. The van der Waals surface area contributed by atoms with Crippen LogP contribution in [0.25, 0.3) is 0 Å². The second-order valence-corrected chi connectivity index (χ2v) is 5.36. The molecule has 1 aromatic carbocycles. The third-order valence-electron chi connectivity index (χ3n) is 3.37. The lowest BCUT2D eigenvalue weighted by Crippen LogP contribution is -2.35. The van der Waals surface area contributed by atoms with Crippen LogP contribution in [0.1, 0.15) is 25.8 Å². The van der Waals surface area contributed by atoms with Gasteiger partial charge in [0, 0.05) is 19.6 Å². The summed E-state index contributed by atoms with van der Waals surface area (Å²) in [5.74, 6) is 0.717. The van der Waals surface area contributed by atoms with E-state index >= 15 is 0 Å². The molecule has 0 fully saturated rings. The summed E-state index contributed by atoms with van der Waals surface area (Å²) in [7, 11) is 1.80. The number of nitrogens with zero attached hydrogens (tertiary/aromatic N) is 1. The van der Waals surface area contributed by atoms with Crippen LogP contribution in [0, 0.1) is 5.92 Å². The van der Waals surface area contributed by atoms with Crippen LogP contribution in [0.15, 0.2) is 24.3 Å². The number of carbonyl (C=O) groups is 1. The summed E-state index contributed by atoms with van der Waals surface area (Å²) in [6.45, 7) is 4.85. The van der Waals surface area contributed by atoms with Gasteiger partial charge in [-0.05, 0) is 30.0 Å². The van der Waals surface area contributed by atoms with Gasteiger partial charge in [0.2, 0.25) is 5.91 Å². The highest BCUT2D eigenvalue weighted by Crippen LogP contribution is 2.11. The zero-order chi connectivity index (χ0) is 14.4. The second-order valence-electron chi connectivity index (χ2n) is 5.36. The van der Waals surface area contributed by atoms with Crippen molar-refractivity contribution in [2.45, 2.75) is 32.7 Å². The summed E-state index contributed by atoms with van der Waals surface area (Å²) in [5, 5.41) is 9.19. The third kappa shape index (κ3) is 5.30. The lowest BCUT2D eigenvalue weighted by molar-refractivity contribution is -0.129. The SMILES string of the molecule is CC(C)C(N)CCN(C)C(=O)Cc1ccc(O)cc1. The van der Waals surface area contributed by atoms with Crippen molar-refractivity contribution in [3.63, 3.8) is 0 Å². The standard InChI is InChI=1S/C15H24N2O2/c1-11(2)14(16)8-9-17(3)15(19)10-12-4-6-13(18)7-5-12/h4-7,11,14,18H,8-10,16H2,1-3H3. The highest BCUT2D eigenvalue weighted by molar-refractivity contribution is 5.78. The Balaban J connectivity index is 2.42. The van der Waals surface area contributed by atoms with Crippen LogP contribution in [0.4, 0.5) is 0 Å². The first kappa shape index (κ1) is 15.5. The van der Waals surface area contributed by atoms with E-state index in [9.17, 15) is 9.90 Å². The van der Waals surface area contributed by atoms with Gasteiger partial charge in [-0.15, -0.1) is 0 Å². The van der Waals surface area contributed by atoms with Crippen LogP contribution in [0.2, 0.25) is 0 Å². The average molecular weight is 264 g/mol. The van der Waals surface area contributed by atoms with Crippen molar-refractivity contribution in [3.05, 3.63) is 29.8 Å². The summed E-state index contributed by atoms with van der Waals surface area (Å²) in [4.78, 5) is 13.7. The predicted molar refractivity (Wildman–Crippen MR) is 76.9 cm³/mol. The number of benzene rings is 1. The summed E-state index contributed by atoms with van der Waals surface area (Å²) < 4.78 is 0. The molecule has 1 atom stereocenters. The molecule has 0 aliphatic heterocycles. The van der Waals surface area contributed by atoms with Crippen LogP contribution >= 0.6 is 0 Å². The second kappa shape index (κ2) is 7.14. The maximum Gasteiger partial charge on any atom is 0.226 e. The molecule has 1 unspecified atom stereocenters. The molecule has 1 amide bonds. The average Bonchev–Trinajstić information content (AvgIpc) is 2.37. The van der Waals surface area contributed by atoms with E-state index in [1.807, 2.05) is 0 Å². The molecule has 0 aliphatic carbocycles. The minimum atomic E-state index is 0.0710. The van der Waals surface area contributed by atoms with Crippen molar-refractivity contribution in [1.29, 1.82) is 0 Å². The fraction of sp³-hybridized carbons (Fsp3) is 0.533. The molecule has 4 nitrogen and oxygen atoms in total. The largest absolute Gasteiger partial charge is 0.508 e. The van der Waals surface area contributed by atoms with E-state index in [-0.39, 0.29) is 17.7 Å². The number of amides is 1. The Morgan fingerprint density at radius 1 is 1.32 bits per heavy atom. The first-order valence-electron chi connectivity index (χ1n) is 6.67. The molecule has 0 aromatic heterocycles. The number of hydrogen-bond acceptors (Lipinski definition) is 3. The van der Waals surface area contributed by atoms with Gasteiger partial charge in [-0.1, -0.05) is 26.0 Å². The van der Waals surface area contributed by atoms with Crippen LogP contribution in [-0.2, 0) is 11.2 Å². The van der Waals surface area contributed by atoms with Gasteiger partial charge >= 0.3 is 0 Å². The number of likely N-dealkylation sites (N-methyl/N-ethyl adjacent to an activating group) is 1. The highest BCUT2D eigenvalue weighted by atomic mass is 16.3. The van der Waals surface area contributed by atoms with E-state index in [2.05, 4.69) is 13.8 Å². The van der Waals surface area contributed by atoms with Gasteiger partial charge < -0.3 is 15.7 Å². The summed E-state index contributed by atoms with van der Waals surface area (Å²) in [6.07, 6.45) is 1.17. The van der Waals surface area contributed by atoms with Crippen LogP contribution in [0.3, 0.4) is 0 Å². The van der Waals surface area contributed by atoms with Crippen molar-refractivity contribution in [1.82, 2.24) is 4.90 Å². The van der Waals surface area contributed by atoms with E-state index in [1.165, 1.54) is 0 Å². The number of phenolic OH excluding ortho intramolecular Hbond substituents is 1. The molecule has 1 rings (SSSR count). The molecule has 0 saturated heterocycles. The van der Waals surface area contributed by atoms with Crippen molar-refractivity contribution >= 4 is 5.91 Å². The summed E-state index contributed by atoms with van der Waals surface area (Å²) in [5.41, 5.74) is 6.87. The van der Waals surface area contributed by atoms with Gasteiger partial charge in [0.05, 0.1) is 6.42 Å². The van der Waals surface area contributed by atoms with E-state index in [4.69, 9.17) is 5.73 Å². The lowest BCUT2D eigenvalue weighted by atomic mass is 10.0. The Labute approximate surface area is 115 Å². The predicted octanol–water partition coefficient (Wildman–Crippen LogP) is 1.77. The maximum absolute atomic E-state index is 12.0. The van der Waals surface area contributed by atoms with E-state index in [0.717, 1.165) is 12.0 Å². The monoisotopic (exact) mass is 264 g/mol. The highest BCUT2D eigenvalue weighted by Gasteiger charge is 2.13. The number of rotatable bonds is 6. The van der Waals surface area contributed by atoms with Crippen molar-refractivity contribution in [2.24, 2.45) is 11.7 Å². The molecule has 4 heteroatoms. The van der Waals surface area contributed by atoms with Gasteiger partial charge in [-0.3, -0.25) is 4.79 Å². The molecular formula is C15H24N2O2. The smallest absolute Gasteiger partial charge is 0.226 e. The van der Waals surface area contributed by atoms with Gasteiger partial charge in [-0.2, -0.15) is 0 Å². The van der Waals surface area contributed by atoms with Crippen molar-refractivity contribution < 1.29 is 9.90 Å². The molecular weight excluding hydrogens is 240 g/mol. The van der Waals surface area contributed by atoms with E-state index < -0.39 is 0 Å². The normalized spacial score (nSPS) is 12.5. The minimum Gasteiger partial charge on any atom is -0.508 e. The quantitative estimate of drug-likeness (QED) is 0.823. The van der Waals surface area contributed by atoms with Crippen LogP contribution in [-0.4, -0.2) is 35.5 Å². The van der Waals surface area contributed by atoms with E-state index in [0.29, 0.717) is 18.9 Å². The maximum atomic E-state index is 12.0. The molecule has 0 saturated carbocycles. The van der Waals surface area contributed by atoms with Crippen molar-refractivity contribution in [3.8, 4) is 5.75 Å². The van der Waals surface area contributed by atoms with Crippen molar-refractivity contribution in [2.75, 3.05) is 13.6 Å². The molecule has 1 aromatic rings. The van der Waals surface area contributed by atoms with Gasteiger partial charge in [-0.25, -0.2) is 0 Å². The zero-order valence-electron chi connectivity index (χ0n) is 12.0. The number of nitrogens with two attached hydrogens (primary N) is 1. The summed E-state index contributed by atoms with van der Waals surface area (Å²) in [6, 6.07) is 6.85. The van der Waals surface area contributed by atoms with E-state index in [1.54, 1.807) is 36.2 Å². The third-order valence-corrected chi connectivity index (χ3v) is 3.37.